The van der Waals surface area contributed by atoms with Crippen LogP contribution in [-0.4, -0.2) is 23.5 Å². The van der Waals surface area contributed by atoms with Gasteiger partial charge in [-0.25, -0.2) is 4.79 Å². The summed E-state index contributed by atoms with van der Waals surface area (Å²) in [4.78, 5) is 11.1. The van der Waals surface area contributed by atoms with Crippen molar-refractivity contribution in [3.05, 3.63) is 23.8 Å². The number of methoxy groups -OCH3 is 1. The Morgan fingerprint density at radius 2 is 2.14 bits per heavy atom. The van der Waals surface area contributed by atoms with Crippen LogP contribution in [0, 0.1) is 0 Å². The molecule has 0 atom stereocenters. The van der Waals surface area contributed by atoms with Gasteiger partial charge in [-0.15, -0.1) is 11.0 Å². The molecule has 0 saturated carbocycles. The SMILES string of the molecule is COC(=O)c1cc([O-])ccc1N(O)O. The summed E-state index contributed by atoms with van der Waals surface area (Å²) in [6.45, 7) is 0. The van der Waals surface area contributed by atoms with Crippen LogP contribution in [0.3, 0.4) is 0 Å². The van der Waals surface area contributed by atoms with Crippen LogP contribution in [0.25, 0.3) is 0 Å². The fourth-order valence-electron chi connectivity index (χ4n) is 0.963. The van der Waals surface area contributed by atoms with Crippen molar-refractivity contribution in [1.29, 1.82) is 0 Å². The number of rotatable bonds is 2. The maximum Gasteiger partial charge on any atom is 0.340 e. The first-order chi connectivity index (χ1) is 6.56. The molecule has 1 aromatic rings. The number of benzene rings is 1. The molecule has 6 nitrogen and oxygen atoms in total. The summed E-state index contributed by atoms with van der Waals surface area (Å²) in [6.07, 6.45) is 0. The molecule has 0 radical (unpaired) electrons. The molecule has 0 heterocycles. The lowest BCUT2D eigenvalue weighted by atomic mass is 10.1. The molecule has 2 N–H and O–H groups in total. The van der Waals surface area contributed by atoms with Gasteiger partial charge in [0.05, 0.1) is 12.7 Å². The van der Waals surface area contributed by atoms with Gasteiger partial charge < -0.3 is 9.84 Å². The highest BCUT2D eigenvalue weighted by atomic mass is 16.8. The average Bonchev–Trinajstić information content (AvgIpc) is 2.16. The molecule has 0 aromatic heterocycles. The second-order valence-corrected chi connectivity index (χ2v) is 2.46. The van der Waals surface area contributed by atoms with Crippen molar-refractivity contribution in [2.75, 3.05) is 12.3 Å². The van der Waals surface area contributed by atoms with E-state index in [1.54, 1.807) is 0 Å². The van der Waals surface area contributed by atoms with E-state index in [0.717, 1.165) is 25.3 Å². The van der Waals surface area contributed by atoms with Gasteiger partial charge >= 0.3 is 5.97 Å². The highest BCUT2D eigenvalue weighted by Crippen LogP contribution is 2.22. The highest BCUT2D eigenvalue weighted by molar-refractivity contribution is 5.95. The number of anilines is 1. The van der Waals surface area contributed by atoms with Gasteiger partial charge in [0.2, 0.25) is 0 Å². The van der Waals surface area contributed by atoms with E-state index < -0.39 is 11.7 Å². The Hall–Kier alpha value is -1.79. The zero-order valence-electron chi connectivity index (χ0n) is 7.30. The van der Waals surface area contributed by atoms with Crippen LogP contribution in [0.5, 0.6) is 5.75 Å². The molecule has 0 spiro atoms. The number of nitrogens with zero attached hydrogens (tertiary/aromatic N) is 1. The lowest BCUT2D eigenvalue weighted by Gasteiger charge is -2.14. The molecule has 0 aliphatic rings. The Morgan fingerprint density at radius 3 is 2.64 bits per heavy atom. The zero-order valence-corrected chi connectivity index (χ0v) is 7.30. The first kappa shape index (κ1) is 10.3. The number of carbonyl (C=O) groups excluding carboxylic acids is 1. The van der Waals surface area contributed by atoms with E-state index >= 15 is 0 Å². The summed E-state index contributed by atoms with van der Waals surface area (Å²) in [7, 11) is 1.13. The molecule has 76 valence electrons. The standard InChI is InChI=1S/C8H9NO5/c1-14-8(11)6-4-5(10)2-3-7(6)9(12)13/h2-4,10,12-13H,1H3/p-1. The Morgan fingerprint density at radius 1 is 1.50 bits per heavy atom. The third kappa shape index (κ3) is 1.93. The first-order valence-corrected chi connectivity index (χ1v) is 3.63. The van der Waals surface area contributed by atoms with E-state index in [4.69, 9.17) is 10.4 Å². The fraction of sp³-hybridized carbons (Fsp3) is 0.125. The third-order valence-electron chi connectivity index (χ3n) is 1.59. The molecular formula is C8H8NO5-. The van der Waals surface area contributed by atoms with Crippen LogP contribution < -0.4 is 10.3 Å². The predicted octanol–water partition coefficient (Wildman–Crippen LogP) is 0.132. The minimum Gasteiger partial charge on any atom is -0.872 e. The van der Waals surface area contributed by atoms with E-state index in [2.05, 4.69) is 4.74 Å². The van der Waals surface area contributed by atoms with E-state index in [0.29, 0.717) is 0 Å². The average molecular weight is 198 g/mol. The van der Waals surface area contributed by atoms with Crippen molar-refractivity contribution in [3.8, 4) is 5.75 Å². The Bertz CT molecular complexity index is 350. The molecule has 1 rings (SSSR count). The molecule has 0 saturated heterocycles. The van der Waals surface area contributed by atoms with Gasteiger partial charge in [0, 0.05) is 0 Å². The summed E-state index contributed by atoms with van der Waals surface area (Å²) >= 11 is 0. The Balaban J connectivity index is 3.22. The summed E-state index contributed by atoms with van der Waals surface area (Å²) in [5, 5.41) is 28.1. The summed E-state index contributed by atoms with van der Waals surface area (Å²) in [5.41, 5.74) is -0.415. The largest absolute Gasteiger partial charge is 0.872 e. The van der Waals surface area contributed by atoms with Gasteiger partial charge in [-0.1, -0.05) is 12.1 Å². The molecule has 1 aromatic carbocycles. The third-order valence-corrected chi connectivity index (χ3v) is 1.59. The van der Waals surface area contributed by atoms with Gasteiger partial charge in [-0.3, -0.25) is 10.4 Å². The molecular weight excluding hydrogens is 190 g/mol. The molecule has 0 aliphatic heterocycles. The van der Waals surface area contributed by atoms with Crippen molar-refractivity contribution in [3.63, 3.8) is 0 Å². The van der Waals surface area contributed by atoms with Crippen LogP contribution in [0.2, 0.25) is 0 Å². The minimum absolute atomic E-state index is 0.204. The van der Waals surface area contributed by atoms with Gasteiger partial charge in [0.25, 0.3) is 0 Å². The molecule has 0 unspecified atom stereocenters. The van der Waals surface area contributed by atoms with Gasteiger partial charge in [0.1, 0.15) is 5.69 Å². The maximum atomic E-state index is 11.1. The van der Waals surface area contributed by atoms with Crippen molar-refractivity contribution in [2.45, 2.75) is 0 Å². The van der Waals surface area contributed by atoms with Crippen LogP contribution >= 0.6 is 0 Å². The number of ether oxygens (including phenoxy) is 1. The summed E-state index contributed by atoms with van der Waals surface area (Å²) in [5.74, 6) is -1.23. The minimum atomic E-state index is -0.814. The van der Waals surface area contributed by atoms with Crippen LogP contribution in [0.4, 0.5) is 5.69 Å². The highest BCUT2D eigenvalue weighted by Gasteiger charge is 2.14. The second-order valence-electron chi connectivity index (χ2n) is 2.46. The van der Waals surface area contributed by atoms with E-state index in [1.165, 1.54) is 0 Å². The van der Waals surface area contributed by atoms with Crippen molar-refractivity contribution < 1.29 is 25.1 Å². The molecule has 6 heteroatoms. The lowest BCUT2D eigenvalue weighted by molar-refractivity contribution is -0.268. The van der Waals surface area contributed by atoms with Gasteiger partial charge in [0.15, 0.2) is 0 Å². The smallest absolute Gasteiger partial charge is 0.340 e. The predicted molar refractivity (Wildman–Crippen MR) is 43.3 cm³/mol. The van der Waals surface area contributed by atoms with Gasteiger partial charge in [-0.2, -0.15) is 0 Å². The van der Waals surface area contributed by atoms with Crippen LogP contribution in [0.1, 0.15) is 10.4 Å². The number of esters is 1. The molecule has 14 heavy (non-hydrogen) atoms. The Kier molecular flexibility index (Phi) is 2.90. The molecule has 0 amide bonds. The molecule has 0 bridgehead atoms. The van der Waals surface area contributed by atoms with Crippen molar-refractivity contribution >= 4 is 11.7 Å². The number of hydrogen-bond acceptors (Lipinski definition) is 6. The van der Waals surface area contributed by atoms with Crippen molar-refractivity contribution in [1.82, 2.24) is 0 Å². The Labute approximate surface area is 79.5 Å². The summed E-state index contributed by atoms with van der Waals surface area (Å²) < 4.78 is 4.36. The van der Waals surface area contributed by atoms with Crippen LogP contribution in [-0.2, 0) is 4.74 Å². The summed E-state index contributed by atoms with van der Waals surface area (Å²) in [6, 6.07) is 3.16. The first-order valence-electron chi connectivity index (χ1n) is 3.63. The van der Waals surface area contributed by atoms with Crippen LogP contribution in [0.15, 0.2) is 18.2 Å². The molecule has 0 fully saturated rings. The number of hydrogen-bond donors (Lipinski definition) is 2. The van der Waals surface area contributed by atoms with E-state index in [9.17, 15) is 9.90 Å². The number of carbonyl (C=O) groups is 1. The van der Waals surface area contributed by atoms with E-state index in [-0.39, 0.29) is 16.5 Å². The maximum absolute atomic E-state index is 11.1. The quantitative estimate of drug-likeness (QED) is 0.518. The van der Waals surface area contributed by atoms with Gasteiger partial charge in [-0.05, 0) is 6.07 Å². The van der Waals surface area contributed by atoms with E-state index in [1.807, 2.05) is 0 Å². The topological polar surface area (TPSA) is 93.1 Å². The zero-order chi connectivity index (χ0) is 10.7. The fourth-order valence-corrected chi connectivity index (χ4v) is 0.963. The normalized spacial score (nSPS) is 9.64. The monoisotopic (exact) mass is 198 g/mol. The van der Waals surface area contributed by atoms with Crippen molar-refractivity contribution in [2.24, 2.45) is 0 Å². The second kappa shape index (κ2) is 3.95. The lowest BCUT2D eigenvalue weighted by Crippen LogP contribution is -2.16. The molecule has 0 aliphatic carbocycles.